The van der Waals surface area contributed by atoms with Gasteiger partial charge in [-0.1, -0.05) is 11.6 Å². The highest BCUT2D eigenvalue weighted by Gasteiger charge is 2.12. The number of hydrogen-bond acceptors (Lipinski definition) is 2. The molecular weight excluding hydrogens is 181 g/mol. The summed E-state index contributed by atoms with van der Waals surface area (Å²) in [5, 5.41) is 0.341. The first-order chi connectivity index (χ1) is 5.57. The predicted octanol–water partition coefficient (Wildman–Crippen LogP) is 2.38. The van der Waals surface area contributed by atoms with Crippen LogP contribution in [0.2, 0.25) is 5.02 Å². The quantitative estimate of drug-likeness (QED) is 0.689. The fourth-order valence-corrected chi connectivity index (χ4v) is 1.11. The van der Waals surface area contributed by atoms with E-state index in [1.807, 2.05) is 0 Å². The number of anilines is 1. The zero-order chi connectivity index (χ0) is 9.30. The van der Waals surface area contributed by atoms with Gasteiger partial charge in [0.1, 0.15) is 0 Å². The standard InChI is InChI=1S/C8H9ClFNO/c1-4-3-5(10)8(12-2)7(11)6(4)9/h3H,11H2,1-2H3. The van der Waals surface area contributed by atoms with Crippen LogP contribution in [0.3, 0.4) is 0 Å². The average molecular weight is 190 g/mol. The molecule has 0 unspecified atom stereocenters. The lowest BCUT2D eigenvalue weighted by Gasteiger charge is -2.08. The van der Waals surface area contributed by atoms with Crippen LogP contribution in [0, 0.1) is 12.7 Å². The first-order valence-corrected chi connectivity index (χ1v) is 3.73. The molecule has 0 atom stereocenters. The maximum atomic E-state index is 13.0. The van der Waals surface area contributed by atoms with Gasteiger partial charge in [0.15, 0.2) is 11.6 Å². The highest BCUT2D eigenvalue weighted by atomic mass is 35.5. The van der Waals surface area contributed by atoms with E-state index < -0.39 is 5.82 Å². The molecule has 4 heteroatoms. The van der Waals surface area contributed by atoms with Gasteiger partial charge >= 0.3 is 0 Å². The van der Waals surface area contributed by atoms with Crippen LogP contribution < -0.4 is 10.5 Å². The first-order valence-electron chi connectivity index (χ1n) is 3.36. The van der Waals surface area contributed by atoms with Crippen molar-refractivity contribution in [3.8, 4) is 5.75 Å². The van der Waals surface area contributed by atoms with Crippen molar-refractivity contribution in [2.45, 2.75) is 6.92 Å². The maximum Gasteiger partial charge on any atom is 0.178 e. The Morgan fingerprint density at radius 2 is 2.17 bits per heavy atom. The molecule has 0 aliphatic rings. The van der Waals surface area contributed by atoms with Gasteiger partial charge in [0.25, 0.3) is 0 Å². The molecule has 0 radical (unpaired) electrons. The number of nitrogen functional groups attached to an aromatic ring is 1. The van der Waals surface area contributed by atoms with Gasteiger partial charge in [0, 0.05) is 0 Å². The van der Waals surface area contributed by atoms with Crippen molar-refractivity contribution in [3.63, 3.8) is 0 Å². The van der Waals surface area contributed by atoms with E-state index in [0.717, 1.165) is 0 Å². The molecule has 0 heterocycles. The number of benzene rings is 1. The molecule has 1 aromatic carbocycles. The van der Waals surface area contributed by atoms with Crippen molar-refractivity contribution >= 4 is 17.3 Å². The molecule has 12 heavy (non-hydrogen) atoms. The first kappa shape index (κ1) is 9.13. The van der Waals surface area contributed by atoms with E-state index in [2.05, 4.69) is 0 Å². The molecule has 0 saturated heterocycles. The van der Waals surface area contributed by atoms with Crippen LogP contribution in [0.15, 0.2) is 6.07 Å². The monoisotopic (exact) mass is 189 g/mol. The fraction of sp³-hybridized carbons (Fsp3) is 0.250. The van der Waals surface area contributed by atoms with Gasteiger partial charge < -0.3 is 10.5 Å². The predicted molar refractivity (Wildman–Crippen MR) is 47.1 cm³/mol. The number of nitrogens with two attached hydrogens (primary N) is 1. The molecule has 0 bridgehead atoms. The van der Waals surface area contributed by atoms with Gasteiger partial charge in [-0.3, -0.25) is 0 Å². The minimum atomic E-state index is -0.489. The summed E-state index contributed by atoms with van der Waals surface area (Å²) in [5.41, 5.74) is 6.25. The van der Waals surface area contributed by atoms with Gasteiger partial charge in [-0.25, -0.2) is 4.39 Å². The van der Waals surface area contributed by atoms with Crippen LogP contribution >= 0.6 is 11.6 Å². The third-order valence-electron chi connectivity index (χ3n) is 1.59. The molecule has 0 fully saturated rings. The van der Waals surface area contributed by atoms with Gasteiger partial charge in [-0.15, -0.1) is 0 Å². The van der Waals surface area contributed by atoms with Crippen LogP contribution in [0.1, 0.15) is 5.56 Å². The van der Waals surface area contributed by atoms with Gasteiger partial charge in [-0.2, -0.15) is 0 Å². The summed E-state index contributed by atoms with van der Waals surface area (Å²) in [5.74, 6) is -0.484. The topological polar surface area (TPSA) is 35.2 Å². The summed E-state index contributed by atoms with van der Waals surface area (Å²) in [6.45, 7) is 1.68. The van der Waals surface area contributed by atoms with Crippen molar-refractivity contribution in [3.05, 3.63) is 22.5 Å². The summed E-state index contributed by atoms with van der Waals surface area (Å²) in [7, 11) is 1.35. The van der Waals surface area contributed by atoms with E-state index in [-0.39, 0.29) is 11.4 Å². The van der Waals surface area contributed by atoms with Crippen molar-refractivity contribution in [2.24, 2.45) is 0 Å². The molecular formula is C8H9ClFNO. The highest BCUT2D eigenvalue weighted by Crippen LogP contribution is 2.34. The minimum Gasteiger partial charge on any atom is -0.492 e. The smallest absolute Gasteiger partial charge is 0.178 e. The average Bonchev–Trinajstić information content (AvgIpc) is 2.01. The van der Waals surface area contributed by atoms with Crippen molar-refractivity contribution in [1.29, 1.82) is 0 Å². The molecule has 1 aromatic rings. The van der Waals surface area contributed by atoms with Gasteiger partial charge in [-0.05, 0) is 18.6 Å². The van der Waals surface area contributed by atoms with E-state index in [0.29, 0.717) is 10.6 Å². The molecule has 2 nitrogen and oxygen atoms in total. The summed E-state index contributed by atoms with van der Waals surface area (Å²) in [4.78, 5) is 0. The van der Waals surface area contributed by atoms with Crippen LogP contribution in [0.4, 0.5) is 10.1 Å². The van der Waals surface area contributed by atoms with Crippen molar-refractivity contribution < 1.29 is 9.13 Å². The summed E-state index contributed by atoms with van der Waals surface area (Å²) >= 11 is 5.76. The zero-order valence-corrected chi connectivity index (χ0v) is 7.57. The van der Waals surface area contributed by atoms with Crippen LogP contribution in [0.5, 0.6) is 5.75 Å². The molecule has 0 spiro atoms. The van der Waals surface area contributed by atoms with E-state index in [4.69, 9.17) is 22.1 Å². The molecule has 0 saturated carbocycles. The van der Waals surface area contributed by atoms with Crippen LogP contribution in [-0.4, -0.2) is 7.11 Å². The van der Waals surface area contributed by atoms with Crippen LogP contribution in [-0.2, 0) is 0 Å². The lowest BCUT2D eigenvalue weighted by atomic mass is 10.2. The Bertz CT molecular complexity index is 314. The highest BCUT2D eigenvalue weighted by molar-refractivity contribution is 6.34. The normalized spacial score (nSPS) is 10.0. The molecule has 2 N–H and O–H groups in total. The molecule has 0 aliphatic carbocycles. The van der Waals surface area contributed by atoms with Gasteiger partial charge in [0.05, 0.1) is 17.8 Å². The van der Waals surface area contributed by atoms with Gasteiger partial charge in [0.2, 0.25) is 0 Å². The van der Waals surface area contributed by atoms with Crippen LogP contribution in [0.25, 0.3) is 0 Å². The number of hydrogen-bond donors (Lipinski definition) is 1. The van der Waals surface area contributed by atoms with E-state index >= 15 is 0 Å². The third kappa shape index (κ3) is 1.32. The summed E-state index contributed by atoms with van der Waals surface area (Å²) in [6, 6.07) is 1.29. The maximum absolute atomic E-state index is 13.0. The molecule has 66 valence electrons. The minimum absolute atomic E-state index is 0.00519. The largest absolute Gasteiger partial charge is 0.492 e. The Kier molecular flexibility index (Phi) is 2.43. The van der Waals surface area contributed by atoms with Crippen molar-refractivity contribution in [1.82, 2.24) is 0 Å². The second-order valence-corrected chi connectivity index (χ2v) is 2.81. The third-order valence-corrected chi connectivity index (χ3v) is 2.09. The number of aryl methyl sites for hydroxylation is 1. The summed E-state index contributed by atoms with van der Waals surface area (Å²) in [6.07, 6.45) is 0. The number of halogens is 2. The zero-order valence-electron chi connectivity index (χ0n) is 6.82. The Balaban J connectivity index is 3.40. The lowest BCUT2D eigenvalue weighted by Crippen LogP contribution is -1.97. The molecule has 0 aromatic heterocycles. The SMILES string of the molecule is COc1c(F)cc(C)c(Cl)c1N. The van der Waals surface area contributed by atoms with E-state index in [1.165, 1.54) is 13.2 Å². The molecule has 1 rings (SSSR count). The number of ether oxygens (including phenoxy) is 1. The second kappa shape index (κ2) is 3.19. The summed E-state index contributed by atoms with van der Waals surface area (Å²) < 4.78 is 17.8. The number of methoxy groups -OCH3 is 1. The molecule has 0 amide bonds. The van der Waals surface area contributed by atoms with E-state index in [1.54, 1.807) is 6.92 Å². The Morgan fingerprint density at radius 1 is 1.58 bits per heavy atom. The second-order valence-electron chi connectivity index (χ2n) is 2.44. The Morgan fingerprint density at radius 3 is 2.67 bits per heavy atom. The molecule has 0 aliphatic heterocycles. The fourth-order valence-electron chi connectivity index (χ4n) is 0.967. The van der Waals surface area contributed by atoms with Crippen molar-refractivity contribution in [2.75, 3.05) is 12.8 Å². The number of rotatable bonds is 1. The Labute approximate surface area is 75.1 Å². The lowest BCUT2D eigenvalue weighted by molar-refractivity contribution is 0.388. The van der Waals surface area contributed by atoms with E-state index in [9.17, 15) is 4.39 Å². The Hall–Kier alpha value is -0.960.